The largest absolute Gasteiger partial charge is 0.565 e. The fourth-order valence-corrected chi connectivity index (χ4v) is 3.66. The normalized spacial score (nSPS) is 11.9. The van der Waals surface area contributed by atoms with Crippen LogP contribution in [0.15, 0.2) is 12.1 Å². The highest BCUT2D eigenvalue weighted by molar-refractivity contribution is 6.34. The molecule has 0 amide bonds. The van der Waals surface area contributed by atoms with Crippen LogP contribution < -0.4 is 37.5 Å². The number of benzene rings is 2. The van der Waals surface area contributed by atoms with Crippen LogP contribution in [-0.4, -0.2) is 64.3 Å². The Morgan fingerprint density at radius 2 is 0.821 bits per heavy atom. The van der Waals surface area contributed by atoms with Crippen molar-refractivity contribution in [3.8, 4) is 34.5 Å². The van der Waals surface area contributed by atoms with Crippen molar-refractivity contribution in [2.45, 2.75) is 0 Å². The lowest BCUT2D eigenvalue weighted by Gasteiger charge is -2.40. The maximum Gasteiger partial charge on any atom is 0.322 e. The molecule has 16 heteroatoms. The van der Waals surface area contributed by atoms with Crippen molar-refractivity contribution >= 4 is 87.0 Å². The quantitative estimate of drug-likeness (QED) is 0.467. The van der Waals surface area contributed by atoms with E-state index in [1.165, 1.54) is 0 Å². The van der Waals surface area contributed by atoms with Gasteiger partial charge in [0, 0.05) is 12.1 Å². The molecule has 0 radical (unpaired) electrons. The van der Waals surface area contributed by atoms with Crippen LogP contribution in [0.4, 0.5) is 22.7 Å². The molecule has 0 saturated heterocycles. The van der Waals surface area contributed by atoms with Gasteiger partial charge in [0.25, 0.3) is 0 Å². The second kappa shape index (κ2) is 7.77. The number of nitrogens with zero attached hydrogens (tertiary/aromatic N) is 2. The first-order chi connectivity index (χ1) is 13.5. The third-order valence-electron chi connectivity index (χ3n) is 4.96. The van der Waals surface area contributed by atoms with E-state index in [-0.39, 0.29) is 0 Å². The maximum atomic E-state index is 5.71. The Balaban J connectivity index is 2.38. The van der Waals surface area contributed by atoms with E-state index in [1.54, 1.807) is 48.3 Å². The molecule has 28 heavy (non-hydrogen) atoms. The maximum absolute atomic E-state index is 5.71. The molecule has 0 bridgehead atoms. The third kappa shape index (κ3) is 2.73. The molecule has 0 unspecified atom stereocenters. The van der Waals surface area contributed by atoms with Gasteiger partial charge >= 0.3 is 48.3 Å². The van der Waals surface area contributed by atoms with Gasteiger partial charge < -0.3 is 37.5 Å². The summed E-state index contributed by atoms with van der Waals surface area (Å²) in [6.07, 6.45) is 0. The number of anilines is 4. The molecule has 8 nitrogen and oxygen atoms in total. The molecule has 2 aromatic rings. The lowest BCUT2D eigenvalue weighted by Crippen LogP contribution is -2.28. The molecule has 1 aliphatic heterocycles. The standard InChI is InChI=1S/C12H18B8N2O6/c13-21-3-1-5(23-15)9(25-17)11(27-19)7(3)22(14)4-2-6(24-16)10(26-18)12(28-20)8(4)21/h1-2H,13-20H2. The molecular weight excluding hydrogens is 355 g/mol. The van der Waals surface area contributed by atoms with E-state index in [9.17, 15) is 0 Å². The third-order valence-corrected chi connectivity index (χ3v) is 4.96. The Bertz CT molecular complexity index is 845. The summed E-state index contributed by atoms with van der Waals surface area (Å²) in [4.78, 5) is 4.02. The Morgan fingerprint density at radius 3 is 1.07 bits per heavy atom. The number of rotatable bonds is 6. The average Bonchev–Trinajstić information content (AvgIpc) is 2.73. The summed E-state index contributed by atoms with van der Waals surface area (Å²) < 4.78 is 33.6. The zero-order valence-electron chi connectivity index (χ0n) is 17.5. The van der Waals surface area contributed by atoms with Gasteiger partial charge in [-0.15, -0.1) is 0 Å². The topological polar surface area (TPSA) is 61.9 Å². The van der Waals surface area contributed by atoms with Crippen LogP contribution in [0.25, 0.3) is 0 Å². The van der Waals surface area contributed by atoms with Crippen LogP contribution in [0.3, 0.4) is 0 Å². The summed E-state index contributed by atoms with van der Waals surface area (Å²) in [5.41, 5.74) is 3.42. The molecule has 0 N–H and O–H groups in total. The molecule has 0 spiro atoms. The summed E-state index contributed by atoms with van der Waals surface area (Å²) in [7, 11) is 13.5. The molecular formula is C12H18B8N2O6. The summed E-state index contributed by atoms with van der Waals surface area (Å²) >= 11 is 0. The molecule has 1 aliphatic rings. The van der Waals surface area contributed by atoms with Crippen molar-refractivity contribution in [1.29, 1.82) is 0 Å². The molecule has 0 saturated carbocycles. The molecule has 0 aliphatic carbocycles. The molecule has 3 rings (SSSR count). The smallest absolute Gasteiger partial charge is 0.322 e. The molecule has 0 atom stereocenters. The van der Waals surface area contributed by atoms with Crippen molar-refractivity contribution < 1.29 is 27.9 Å². The summed E-state index contributed by atoms with van der Waals surface area (Å²) in [5, 5.41) is 0. The minimum atomic E-state index is 0.528. The van der Waals surface area contributed by atoms with Crippen molar-refractivity contribution in [1.82, 2.24) is 0 Å². The van der Waals surface area contributed by atoms with E-state index in [4.69, 9.17) is 27.9 Å². The molecule has 0 aromatic heterocycles. The molecule has 1 heterocycles. The fraction of sp³-hybridized carbons (Fsp3) is 0. The number of hydrogen-bond donors (Lipinski definition) is 0. The lowest BCUT2D eigenvalue weighted by molar-refractivity contribution is 0.502. The first-order valence-corrected chi connectivity index (χ1v) is 8.62. The van der Waals surface area contributed by atoms with Crippen molar-refractivity contribution in [3.63, 3.8) is 0 Å². The van der Waals surface area contributed by atoms with E-state index in [0.717, 1.165) is 22.7 Å². The Kier molecular flexibility index (Phi) is 5.58. The minimum absolute atomic E-state index is 0.528. The lowest BCUT2D eigenvalue weighted by atomic mass is 9.97. The zero-order chi connectivity index (χ0) is 20.6. The first kappa shape index (κ1) is 20.1. The summed E-state index contributed by atoms with van der Waals surface area (Å²) in [5.74, 6) is 3.35. The van der Waals surface area contributed by atoms with E-state index in [1.807, 2.05) is 37.7 Å². The Hall–Kier alpha value is -2.64. The van der Waals surface area contributed by atoms with Gasteiger partial charge in [-0.2, -0.15) is 0 Å². The van der Waals surface area contributed by atoms with Crippen LogP contribution >= 0.6 is 0 Å². The first-order valence-electron chi connectivity index (χ1n) is 8.62. The van der Waals surface area contributed by atoms with E-state index < -0.39 is 0 Å². The van der Waals surface area contributed by atoms with Gasteiger partial charge in [0.1, 0.15) is 11.5 Å². The highest BCUT2D eigenvalue weighted by Crippen LogP contribution is 2.60. The number of hydrogen-bond acceptors (Lipinski definition) is 8. The van der Waals surface area contributed by atoms with Crippen molar-refractivity contribution in [2.75, 3.05) is 9.62 Å². The zero-order valence-corrected chi connectivity index (χ0v) is 17.5. The molecule has 0 fully saturated rings. The van der Waals surface area contributed by atoms with Gasteiger partial charge in [-0.3, -0.25) is 0 Å². The van der Waals surface area contributed by atoms with Gasteiger partial charge in [-0.1, -0.05) is 0 Å². The van der Waals surface area contributed by atoms with Gasteiger partial charge in [0.05, 0.1) is 22.7 Å². The highest BCUT2D eigenvalue weighted by atomic mass is 16.5. The van der Waals surface area contributed by atoms with Crippen LogP contribution in [0.5, 0.6) is 34.5 Å². The second-order valence-electron chi connectivity index (χ2n) is 6.14. The minimum Gasteiger partial charge on any atom is -0.565 e. The Labute approximate surface area is 171 Å². The molecule has 2 aromatic carbocycles. The van der Waals surface area contributed by atoms with E-state index in [2.05, 4.69) is 0 Å². The van der Waals surface area contributed by atoms with Crippen LogP contribution in [0.2, 0.25) is 0 Å². The van der Waals surface area contributed by atoms with Gasteiger partial charge in [0.2, 0.25) is 16.0 Å². The van der Waals surface area contributed by atoms with Gasteiger partial charge in [-0.25, -0.2) is 0 Å². The Morgan fingerprint density at radius 1 is 0.500 bits per heavy atom. The van der Waals surface area contributed by atoms with E-state index >= 15 is 0 Å². The second-order valence-corrected chi connectivity index (χ2v) is 6.14. The molecule has 136 valence electrons. The van der Waals surface area contributed by atoms with Crippen LogP contribution in [0.1, 0.15) is 0 Å². The monoisotopic (exact) mass is 374 g/mol. The van der Waals surface area contributed by atoms with Gasteiger partial charge in [-0.05, 0) is 0 Å². The fourth-order valence-electron chi connectivity index (χ4n) is 3.66. The SMILES string of the molecule is BOc1cc2c(c(OB)c1OB)N(B)c1cc(OB)c(OB)c(OB)c1N2B. The predicted octanol–water partition coefficient (Wildman–Crippen LogP) is -5.07. The van der Waals surface area contributed by atoms with E-state index in [0.29, 0.717) is 34.5 Å². The summed E-state index contributed by atoms with van der Waals surface area (Å²) in [6, 6.07) is 3.82. The van der Waals surface area contributed by atoms with Crippen LogP contribution in [0, 0.1) is 0 Å². The van der Waals surface area contributed by atoms with Crippen molar-refractivity contribution in [2.24, 2.45) is 0 Å². The van der Waals surface area contributed by atoms with Crippen molar-refractivity contribution in [3.05, 3.63) is 12.1 Å². The summed E-state index contributed by atoms with van der Waals surface area (Å²) in [6.45, 7) is 0. The van der Waals surface area contributed by atoms with Gasteiger partial charge in [0.15, 0.2) is 23.0 Å². The average molecular weight is 373 g/mol. The van der Waals surface area contributed by atoms with Crippen LogP contribution in [-0.2, 0) is 0 Å². The predicted molar refractivity (Wildman–Crippen MR) is 129 cm³/mol. The number of fused-ring (bicyclic) bond motifs is 2. The highest BCUT2D eigenvalue weighted by Gasteiger charge is 2.34.